The van der Waals surface area contributed by atoms with E-state index in [2.05, 4.69) is 28.6 Å². The third kappa shape index (κ3) is 3.22. The zero-order valence-electron chi connectivity index (χ0n) is 9.90. The molecule has 1 aliphatic heterocycles. The monoisotopic (exact) mass is 228 g/mol. The topological polar surface area (TPSA) is 60.2 Å². The molecule has 0 saturated heterocycles. The molecule has 17 heavy (non-hydrogen) atoms. The van der Waals surface area contributed by atoms with Gasteiger partial charge >= 0.3 is 0 Å². The fourth-order valence-electron chi connectivity index (χ4n) is 1.78. The summed E-state index contributed by atoms with van der Waals surface area (Å²) < 4.78 is 0. The van der Waals surface area contributed by atoms with Crippen LogP contribution < -0.4 is 10.6 Å². The summed E-state index contributed by atoms with van der Waals surface area (Å²) in [4.78, 5) is 4.32. The summed E-state index contributed by atoms with van der Waals surface area (Å²) in [5.74, 6) is 0.883. The van der Waals surface area contributed by atoms with Gasteiger partial charge in [-0.2, -0.15) is 5.26 Å². The SMILES string of the molecule is CC1CN=C(NCCc2cccc(C#N)c2)N1. The summed E-state index contributed by atoms with van der Waals surface area (Å²) in [6.07, 6.45) is 0.893. The molecule has 1 atom stereocenters. The lowest BCUT2D eigenvalue weighted by atomic mass is 10.1. The Kier molecular flexibility index (Phi) is 3.61. The highest BCUT2D eigenvalue weighted by Crippen LogP contribution is 2.04. The molecule has 0 saturated carbocycles. The van der Waals surface area contributed by atoms with Crippen LogP contribution in [-0.2, 0) is 6.42 Å². The van der Waals surface area contributed by atoms with E-state index in [1.54, 1.807) is 0 Å². The predicted octanol–water partition coefficient (Wildman–Crippen LogP) is 1.04. The van der Waals surface area contributed by atoms with Gasteiger partial charge in [-0.3, -0.25) is 4.99 Å². The van der Waals surface area contributed by atoms with E-state index < -0.39 is 0 Å². The fourth-order valence-corrected chi connectivity index (χ4v) is 1.78. The second kappa shape index (κ2) is 5.35. The molecule has 0 amide bonds. The second-order valence-electron chi connectivity index (χ2n) is 4.22. The first kappa shape index (κ1) is 11.5. The van der Waals surface area contributed by atoms with Gasteiger partial charge in [0.2, 0.25) is 0 Å². The summed E-state index contributed by atoms with van der Waals surface area (Å²) in [6, 6.07) is 10.3. The summed E-state index contributed by atoms with van der Waals surface area (Å²) in [7, 11) is 0. The van der Waals surface area contributed by atoms with Crippen molar-refractivity contribution < 1.29 is 0 Å². The zero-order valence-corrected chi connectivity index (χ0v) is 9.90. The Morgan fingerprint density at radius 1 is 1.59 bits per heavy atom. The van der Waals surface area contributed by atoms with E-state index in [1.807, 2.05) is 24.3 Å². The number of nitrogens with one attached hydrogen (secondary N) is 2. The second-order valence-corrected chi connectivity index (χ2v) is 4.22. The number of rotatable bonds is 3. The molecule has 2 rings (SSSR count). The molecule has 88 valence electrons. The highest BCUT2D eigenvalue weighted by molar-refractivity contribution is 5.81. The van der Waals surface area contributed by atoms with Gasteiger partial charge in [-0.25, -0.2) is 0 Å². The lowest BCUT2D eigenvalue weighted by Crippen LogP contribution is -2.38. The van der Waals surface area contributed by atoms with Crippen LogP contribution in [-0.4, -0.2) is 25.1 Å². The molecule has 0 aliphatic carbocycles. The number of guanidine groups is 1. The average Bonchev–Trinajstić information content (AvgIpc) is 2.75. The maximum absolute atomic E-state index is 8.79. The van der Waals surface area contributed by atoms with E-state index in [0.29, 0.717) is 11.6 Å². The van der Waals surface area contributed by atoms with Crippen molar-refractivity contribution in [1.29, 1.82) is 5.26 Å². The summed E-state index contributed by atoms with van der Waals surface area (Å²) in [5.41, 5.74) is 1.88. The lowest BCUT2D eigenvalue weighted by Gasteiger charge is -2.08. The van der Waals surface area contributed by atoms with Crippen molar-refractivity contribution >= 4 is 5.96 Å². The van der Waals surface area contributed by atoms with Crippen LogP contribution in [0, 0.1) is 11.3 Å². The van der Waals surface area contributed by atoms with Crippen LogP contribution in [0.4, 0.5) is 0 Å². The molecule has 0 bridgehead atoms. The van der Waals surface area contributed by atoms with Crippen molar-refractivity contribution in [3.05, 3.63) is 35.4 Å². The number of nitriles is 1. The van der Waals surface area contributed by atoms with Gasteiger partial charge in [-0.15, -0.1) is 0 Å². The quantitative estimate of drug-likeness (QED) is 0.812. The molecule has 1 heterocycles. The van der Waals surface area contributed by atoms with Crippen molar-refractivity contribution in [1.82, 2.24) is 10.6 Å². The molecule has 1 aliphatic rings. The number of nitrogens with zero attached hydrogens (tertiary/aromatic N) is 2. The number of aliphatic imine (C=N–C) groups is 1. The van der Waals surface area contributed by atoms with Crippen molar-refractivity contribution in [3.63, 3.8) is 0 Å². The smallest absolute Gasteiger partial charge is 0.191 e. The van der Waals surface area contributed by atoms with E-state index in [1.165, 1.54) is 5.56 Å². The van der Waals surface area contributed by atoms with Crippen LogP contribution >= 0.6 is 0 Å². The molecule has 0 aromatic heterocycles. The van der Waals surface area contributed by atoms with Crippen LogP contribution in [0.15, 0.2) is 29.3 Å². The van der Waals surface area contributed by atoms with Crippen LogP contribution in [0.1, 0.15) is 18.1 Å². The van der Waals surface area contributed by atoms with Gasteiger partial charge in [-0.1, -0.05) is 12.1 Å². The molecule has 2 N–H and O–H groups in total. The zero-order chi connectivity index (χ0) is 12.1. The van der Waals surface area contributed by atoms with Gasteiger partial charge in [0, 0.05) is 12.6 Å². The van der Waals surface area contributed by atoms with Crippen molar-refractivity contribution in [2.75, 3.05) is 13.1 Å². The molecule has 4 heteroatoms. The third-order valence-corrected chi connectivity index (χ3v) is 2.67. The normalized spacial score (nSPS) is 18.1. The molecule has 1 unspecified atom stereocenters. The van der Waals surface area contributed by atoms with E-state index in [4.69, 9.17) is 5.26 Å². The Morgan fingerprint density at radius 2 is 2.47 bits per heavy atom. The van der Waals surface area contributed by atoms with Crippen LogP contribution in [0.3, 0.4) is 0 Å². The largest absolute Gasteiger partial charge is 0.356 e. The Hall–Kier alpha value is -2.02. The Bertz CT molecular complexity index is 459. The Morgan fingerprint density at radius 3 is 3.18 bits per heavy atom. The standard InChI is InChI=1S/C13H16N4/c1-10-9-16-13(17-10)15-6-5-11-3-2-4-12(7-11)8-14/h2-4,7,10H,5-6,9H2,1H3,(H2,15,16,17). The van der Waals surface area contributed by atoms with Gasteiger partial charge in [0.25, 0.3) is 0 Å². The summed E-state index contributed by atoms with van der Waals surface area (Å²) >= 11 is 0. The predicted molar refractivity (Wildman–Crippen MR) is 67.8 cm³/mol. The first-order chi connectivity index (χ1) is 8.28. The Labute approximate surface area is 101 Å². The van der Waals surface area contributed by atoms with Gasteiger partial charge < -0.3 is 10.6 Å². The van der Waals surface area contributed by atoms with Gasteiger partial charge in [0.1, 0.15) is 0 Å². The number of hydrogen-bond acceptors (Lipinski definition) is 4. The van der Waals surface area contributed by atoms with Gasteiger partial charge in [-0.05, 0) is 31.0 Å². The maximum atomic E-state index is 8.79. The minimum absolute atomic E-state index is 0.430. The molecule has 0 fully saturated rings. The molecule has 4 nitrogen and oxygen atoms in total. The summed E-state index contributed by atoms with van der Waals surface area (Å²) in [5, 5.41) is 15.3. The van der Waals surface area contributed by atoms with E-state index in [9.17, 15) is 0 Å². The van der Waals surface area contributed by atoms with Crippen molar-refractivity contribution in [3.8, 4) is 6.07 Å². The molecular formula is C13H16N4. The first-order valence-electron chi connectivity index (χ1n) is 5.82. The maximum Gasteiger partial charge on any atom is 0.191 e. The van der Waals surface area contributed by atoms with Crippen molar-refractivity contribution in [2.45, 2.75) is 19.4 Å². The van der Waals surface area contributed by atoms with Crippen molar-refractivity contribution in [2.24, 2.45) is 4.99 Å². The Balaban J connectivity index is 1.80. The lowest BCUT2D eigenvalue weighted by molar-refractivity contribution is 0.712. The van der Waals surface area contributed by atoms with Gasteiger partial charge in [0.15, 0.2) is 5.96 Å². The van der Waals surface area contributed by atoms with E-state index in [0.717, 1.165) is 25.5 Å². The molecule has 0 spiro atoms. The van der Waals surface area contributed by atoms with Crippen LogP contribution in [0.5, 0.6) is 0 Å². The molecule has 0 radical (unpaired) electrons. The average molecular weight is 228 g/mol. The van der Waals surface area contributed by atoms with Gasteiger partial charge in [0.05, 0.1) is 18.2 Å². The minimum atomic E-state index is 0.430. The number of hydrogen-bond donors (Lipinski definition) is 2. The number of benzene rings is 1. The third-order valence-electron chi connectivity index (χ3n) is 2.67. The highest BCUT2D eigenvalue weighted by atomic mass is 15.2. The van der Waals surface area contributed by atoms with Crippen LogP contribution in [0.2, 0.25) is 0 Å². The summed E-state index contributed by atoms with van der Waals surface area (Å²) in [6.45, 7) is 3.77. The van der Waals surface area contributed by atoms with E-state index >= 15 is 0 Å². The highest BCUT2D eigenvalue weighted by Gasteiger charge is 2.10. The minimum Gasteiger partial charge on any atom is -0.356 e. The molecule has 1 aromatic carbocycles. The van der Waals surface area contributed by atoms with Crippen LogP contribution in [0.25, 0.3) is 0 Å². The van der Waals surface area contributed by atoms with E-state index in [-0.39, 0.29) is 0 Å². The fraction of sp³-hybridized carbons (Fsp3) is 0.385. The molecule has 1 aromatic rings. The molecular weight excluding hydrogens is 212 g/mol. The first-order valence-corrected chi connectivity index (χ1v) is 5.82.